The van der Waals surface area contributed by atoms with Crippen LogP contribution in [-0.4, -0.2) is 111 Å². The normalized spacial score (nSPS) is 20.6. The van der Waals surface area contributed by atoms with Gasteiger partial charge in [0.25, 0.3) is 5.56 Å². The zero-order chi connectivity index (χ0) is 46.7. The third-order valence-electron chi connectivity index (χ3n) is 14.5. The fourth-order valence-corrected chi connectivity index (χ4v) is 11.8. The zero-order valence-corrected chi connectivity index (χ0v) is 40.1. The maximum absolute atomic E-state index is 14.7. The number of aliphatic hydroxyl groups excluding tert-OH is 1. The van der Waals surface area contributed by atoms with Gasteiger partial charge in [0.1, 0.15) is 17.8 Å². The average Bonchev–Trinajstić information content (AvgIpc) is 4.12. The standard InChI is InChI=1S/C51H57ClN8O6S/c1-29(2)44(49(64)59-26-35(61)24-41(59)47(62)54-38(27-57-19-21-65-22-20-57)32-9-11-33(12-10-32)46-30(3)53-28-67-46)42-25-43(56-66-42)58-17-15-31(16-18-58)34-13-14-39-36(23-34)51(4,5)50-55-48(63)45-37(52)7-6-8-40(45)60(39)50/h6-14,23,25,28-29,31,35,38,41,44,61H,15-22,24,26-27H2,1-5H3,(H,54,62)/t35-,38+,41+,44+/m1/s1. The van der Waals surface area contributed by atoms with Crippen molar-refractivity contribution in [1.29, 1.82) is 0 Å². The van der Waals surface area contributed by atoms with Gasteiger partial charge >= 0.3 is 0 Å². The third kappa shape index (κ3) is 8.47. The number of β-amino-alcohol motifs (C(OH)–C–C–N with tert-alkyl or cyclic N) is 1. The summed E-state index contributed by atoms with van der Waals surface area (Å²) in [5.74, 6) is 0.704. The number of aryl methyl sites for hydroxylation is 1. The van der Waals surface area contributed by atoms with Crippen molar-refractivity contribution in [2.45, 2.75) is 89.3 Å². The van der Waals surface area contributed by atoms with E-state index >= 15 is 0 Å². The van der Waals surface area contributed by atoms with Gasteiger partial charge in [0.15, 0.2) is 11.6 Å². The van der Waals surface area contributed by atoms with E-state index in [4.69, 9.17) is 20.9 Å². The fraction of sp³-hybridized carbons (Fsp3) is 0.451. The van der Waals surface area contributed by atoms with Crippen LogP contribution in [0.1, 0.15) is 98.8 Å². The molecule has 3 fully saturated rings. The van der Waals surface area contributed by atoms with Crippen LogP contribution in [0.2, 0.25) is 5.02 Å². The minimum atomic E-state index is -0.854. The Morgan fingerprint density at radius 3 is 2.49 bits per heavy atom. The van der Waals surface area contributed by atoms with E-state index < -0.39 is 23.5 Å². The number of aliphatic hydroxyl groups is 1. The van der Waals surface area contributed by atoms with Crippen molar-refractivity contribution >= 4 is 51.5 Å². The van der Waals surface area contributed by atoms with Gasteiger partial charge in [-0.1, -0.05) is 73.1 Å². The monoisotopic (exact) mass is 944 g/mol. The summed E-state index contributed by atoms with van der Waals surface area (Å²) >= 11 is 8.10. The molecule has 4 aliphatic heterocycles. The van der Waals surface area contributed by atoms with Crippen LogP contribution in [0.5, 0.6) is 0 Å². The summed E-state index contributed by atoms with van der Waals surface area (Å²) in [5.41, 5.74) is 8.20. The Bertz CT molecular complexity index is 2880. The first-order valence-corrected chi connectivity index (χ1v) is 24.7. The molecule has 3 aromatic heterocycles. The highest BCUT2D eigenvalue weighted by molar-refractivity contribution is 7.13. The van der Waals surface area contributed by atoms with Gasteiger partial charge in [0.2, 0.25) is 11.8 Å². The molecule has 3 saturated heterocycles. The predicted octanol–water partition coefficient (Wildman–Crippen LogP) is 7.37. The summed E-state index contributed by atoms with van der Waals surface area (Å²) in [4.78, 5) is 58.3. The number of rotatable bonds is 11. The van der Waals surface area contributed by atoms with Gasteiger partial charge in [-0.05, 0) is 85.9 Å². The first kappa shape index (κ1) is 45.3. The first-order valence-electron chi connectivity index (χ1n) is 23.4. The topological polar surface area (TPSA) is 159 Å². The van der Waals surface area contributed by atoms with E-state index in [9.17, 15) is 19.5 Å². The number of halogens is 1. The number of fused-ring (bicyclic) bond motifs is 5. The third-order valence-corrected chi connectivity index (χ3v) is 15.7. The molecule has 14 nitrogen and oxygen atoms in total. The van der Waals surface area contributed by atoms with E-state index in [1.165, 1.54) is 5.56 Å². The minimum Gasteiger partial charge on any atom is -0.391 e. The number of ether oxygens (including phenoxy) is 1. The van der Waals surface area contributed by atoms with E-state index in [1.54, 1.807) is 22.3 Å². The number of hydrogen-bond acceptors (Lipinski definition) is 12. The first-order chi connectivity index (χ1) is 32.3. The Balaban J connectivity index is 0.825. The van der Waals surface area contributed by atoms with Crippen molar-refractivity contribution in [2.75, 3.05) is 57.4 Å². The van der Waals surface area contributed by atoms with Gasteiger partial charge in [0, 0.05) is 51.8 Å². The lowest BCUT2D eigenvalue weighted by Gasteiger charge is -2.33. The molecule has 4 atom stereocenters. The van der Waals surface area contributed by atoms with Crippen molar-refractivity contribution in [3.8, 4) is 16.1 Å². The number of anilines is 1. The Hall–Kier alpha value is -5.45. The molecule has 0 unspecified atom stereocenters. The van der Waals surface area contributed by atoms with E-state index in [0.29, 0.717) is 53.5 Å². The molecule has 2 N–H and O–H groups in total. The molecule has 67 heavy (non-hydrogen) atoms. The van der Waals surface area contributed by atoms with E-state index in [-0.39, 0.29) is 42.3 Å². The molecule has 0 bridgehead atoms. The Morgan fingerprint density at radius 1 is 1.01 bits per heavy atom. The minimum absolute atomic E-state index is 0.0530. The molecule has 0 spiro atoms. The highest BCUT2D eigenvalue weighted by Crippen LogP contribution is 2.45. The van der Waals surface area contributed by atoms with Crippen molar-refractivity contribution in [1.82, 2.24) is 34.8 Å². The number of piperidine rings is 1. The summed E-state index contributed by atoms with van der Waals surface area (Å²) in [7, 11) is 0. The van der Waals surface area contributed by atoms with E-state index in [2.05, 4.69) is 91.1 Å². The summed E-state index contributed by atoms with van der Waals surface area (Å²) in [6, 6.07) is 21.1. The zero-order valence-electron chi connectivity index (χ0n) is 38.6. The smallest absolute Gasteiger partial charge is 0.282 e. The number of thiazole rings is 1. The van der Waals surface area contributed by atoms with Crippen LogP contribution in [0.3, 0.4) is 0 Å². The van der Waals surface area contributed by atoms with Gasteiger partial charge < -0.3 is 29.5 Å². The maximum Gasteiger partial charge on any atom is 0.282 e. The molecule has 0 aliphatic carbocycles. The summed E-state index contributed by atoms with van der Waals surface area (Å²) in [6.07, 6.45) is 1.08. The lowest BCUT2D eigenvalue weighted by atomic mass is 9.81. The van der Waals surface area contributed by atoms with Crippen molar-refractivity contribution < 1.29 is 24.0 Å². The second kappa shape index (κ2) is 18.2. The van der Waals surface area contributed by atoms with Crippen LogP contribution in [0.4, 0.5) is 5.82 Å². The van der Waals surface area contributed by atoms with Gasteiger partial charge in [-0.3, -0.25) is 23.9 Å². The highest BCUT2D eigenvalue weighted by Gasteiger charge is 2.44. The van der Waals surface area contributed by atoms with Crippen molar-refractivity contribution in [2.24, 2.45) is 5.92 Å². The lowest BCUT2D eigenvalue weighted by Crippen LogP contribution is -2.50. The number of carbonyl (C=O) groups is 2. The number of morpholine rings is 1. The van der Waals surface area contributed by atoms with Crippen LogP contribution in [0.25, 0.3) is 27.0 Å². The molecule has 350 valence electrons. The van der Waals surface area contributed by atoms with Crippen molar-refractivity contribution in [3.63, 3.8) is 0 Å². The SMILES string of the molecule is Cc1ncsc1-c1ccc([C@H](CN2CCOCC2)NC(=O)[C@@H]2C[C@@H](O)CN2C(=O)[C@H](c2cc(N3CCC(c4ccc5c(c4)C(C)(C)c4nc(=O)c6c(Cl)cccc6n4-5)CC3)no2)C(C)C)cc1. The average molecular weight is 946 g/mol. The number of carbonyl (C=O) groups excluding carboxylic acids is 2. The lowest BCUT2D eigenvalue weighted by molar-refractivity contribution is -0.141. The Morgan fingerprint density at radius 2 is 1.78 bits per heavy atom. The highest BCUT2D eigenvalue weighted by atomic mass is 35.5. The van der Waals surface area contributed by atoms with Crippen LogP contribution >= 0.6 is 22.9 Å². The maximum atomic E-state index is 14.7. The molecule has 3 aromatic carbocycles. The van der Waals surface area contributed by atoms with Gasteiger partial charge in [-0.25, -0.2) is 4.98 Å². The van der Waals surface area contributed by atoms with E-state index in [1.807, 2.05) is 44.5 Å². The van der Waals surface area contributed by atoms with Crippen LogP contribution in [0.15, 0.2) is 81.6 Å². The van der Waals surface area contributed by atoms with Crippen LogP contribution < -0.4 is 15.8 Å². The molecule has 10 rings (SSSR count). The Kier molecular flexibility index (Phi) is 12.3. The predicted molar refractivity (Wildman–Crippen MR) is 259 cm³/mol. The molecular formula is C51H57ClN8O6S. The van der Waals surface area contributed by atoms with Crippen LogP contribution in [0, 0.1) is 12.8 Å². The summed E-state index contributed by atoms with van der Waals surface area (Å²) in [6.45, 7) is 15.1. The van der Waals surface area contributed by atoms with Crippen molar-refractivity contribution in [3.05, 3.63) is 122 Å². The van der Waals surface area contributed by atoms with E-state index in [0.717, 1.165) is 77.5 Å². The number of aromatic nitrogens is 4. The number of hydrogen-bond donors (Lipinski definition) is 2. The second-order valence-corrected chi connectivity index (χ2v) is 20.7. The summed E-state index contributed by atoms with van der Waals surface area (Å²) in [5, 5.41) is 19.6. The number of amides is 2. The fourth-order valence-electron chi connectivity index (χ4n) is 10.7. The molecule has 6 aromatic rings. The quantitative estimate of drug-likeness (QED) is 0.134. The molecule has 0 saturated carbocycles. The van der Waals surface area contributed by atoms with Gasteiger partial charge in [-0.2, -0.15) is 4.98 Å². The largest absolute Gasteiger partial charge is 0.391 e. The molecule has 4 aliphatic rings. The number of nitrogens with zero attached hydrogens (tertiary/aromatic N) is 7. The van der Waals surface area contributed by atoms with Gasteiger partial charge in [0.05, 0.1) is 68.5 Å². The Labute approximate surface area is 398 Å². The molecule has 0 radical (unpaired) electrons. The molecule has 2 amide bonds. The molecular weight excluding hydrogens is 888 g/mol. The molecule has 16 heteroatoms. The van der Waals surface area contributed by atoms with Crippen LogP contribution in [-0.2, 0) is 19.7 Å². The van der Waals surface area contributed by atoms with Gasteiger partial charge in [-0.15, -0.1) is 11.3 Å². The molecule has 7 heterocycles. The number of benzene rings is 3. The second-order valence-electron chi connectivity index (χ2n) is 19.4. The summed E-state index contributed by atoms with van der Waals surface area (Å²) < 4.78 is 13.7. The number of likely N-dealkylation sites (tertiary alicyclic amines) is 1. The number of nitrogens with one attached hydrogen (secondary N) is 1.